The van der Waals surface area contributed by atoms with Crippen molar-refractivity contribution in [1.82, 2.24) is 29.3 Å². The third-order valence-electron chi connectivity index (χ3n) is 7.35. The second-order valence-corrected chi connectivity index (χ2v) is 13.4. The van der Waals surface area contributed by atoms with Crippen LogP contribution < -0.4 is 10.1 Å². The number of aromatic nitrogens is 4. The quantitative estimate of drug-likeness (QED) is 0.324. The highest BCUT2D eigenvalue weighted by Gasteiger charge is 2.29. The highest BCUT2D eigenvalue weighted by Crippen LogP contribution is 2.35. The Kier molecular flexibility index (Phi) is 7.68. The number of imidazole rings is 1. The number of aryl methyl sites for hydroxylation is 1. The third-order valence-corrected chi connectivity index (χ3v) is 7.35. The summed E-state index contributed by atoms with van der Waals surface area (Å²) in [5.74, 6) is 1.23. The molecule has 3 aromatic heterocycles. The van der Waals surface area contributed by atoms with E-state index in [0.717, 1.165) is 47.5 Å². The number of piperidine rings is 1. The van der Waals surface area contributed by atoms with Crippen molar-refractivity contribution in [3.8, 4) is 17.3 Å². The van der Waals surface area contributed by atoms with E-state index in [2.05, 4.69) is 47.8 Å². The third kappa shape index (κ3) is 6.07. The molecule has 0 saturated carbocycles. The summed E-state index contributed by atoms with van der Waals surface area (Å²) in [6.07, 6.45) is 2.91. The summed E-state index contributed by atoms with van der Waals surface area (Å²) in [5, 5.41) is 3.97. The predicted molar refractivity (Wildman–Crippen MR) is 164 cm³/mol. The van der Waals surface area contributed by atoms with Crippen LogP contribution in [0.15, 0.2) is 36.5 Å². The van der Waals surface area contributed by atoms with E-state index in [1.165, 1.54) is 0 Å². The Labute approximate surface area is 247 Å². The first kappa shape index (κ1) is 29.4. The number of ether oxygens (including phenoxy) is 2. The number of carbonyl (C=O) groups excluding carboxylic acids is 2. The molecule has 10 heteroatoms. The van der Waals surface area contributed by atoms with E-state index < -0.39 is 11.7 Å². The first-order chi connectivity index (χ1) is 19.7. The maximum atomic E-state index is 13.7. The molecule has 4 aromatic rings. The minimum Gasteiger partial charge on any atom is -0.494 e. The Balaban J connectivity index is 1.49. The van der Waals surface area contributed by atoms with E-state index in [1.54, 1.807) is 18.1 Å². The van der Waals surface area contributed by atoms with E-state index in [9.17, 15) is 9.59 Å². The summed E-state index contributed by atoms with van der Waals surface area (Å²) in [6, 6.07) is 9.57. The number of methoxy groups -OCH3 is 1. The van der Waals surface area contributed by atoms with Crippen LogP contribution in [0.2, 0.25) is 0 Å². The van der Waals surface area contributed by atoms with Gasteiger partial charge in [0.15, 0.2) is 5.82 Å². The van der Waals surface area contributed by atoms with Gasteiger partial charge in [-0.25, -0.2) is 14.8 Å². The summed E-state index contributed by atoms with van der Waals surface area (Å²) >= 11 is 0. The lowest BCUT2D eigenvalue weighted by Gasteiger charge is -2.33. The van der Waals surface area contributed by atoms with Gasteiger partial charge in [0, 0.05) is 49.9 Å². The minimum absolute atomic E-state index is 0.0186. The number of benzene rings is 1. The Morgan fingerprint density at radius 3 is 2.57 bits per heavy atom. The largest absolute Gasteiger partial charge is 0.494 e. The van der Waals surface area contributed by atoms with Gasteiger partial charge < -0.3 is 28.8 Å². The normalized spacial score (nSPS) is 16.2. The van der Waals surface area contributed by atoms with E-state index in [-0.39, 0.29) is 17.4 Å². The molecule has 224 valence electrons. The number of nitrogens with one attached hydrogen (secondary N) is 1. The van der Waals surface area contributed by atoms with Crippen molar-refractivity contribution in [2.45, 2.75) is 72.6 Å². The fourth-order valence-corrected chi connectivity index (χ4v) is 5.66. The fourth-order valence-electron chi connectivity index (χ4n) is 5.66. The lowest BCUT2D eigenvalue weighted by Crippen LogP contribution is -2.50. The molecular weight excluding hydrogens is 532 g/mol. The average molecular weight is 575 g/mol. The van der Waals surface area contributed by atoms with Gasteiger partial charge in [0.2, 0.25) is 0 Å². The van der Waals surface area contributed by atoms with Crippen LogP contribution in [-0.2, 0) is 18.3 Å². The van der Waals surface area contributed by atoms with Crippen LogP contribution in [0.4, 0.5) is 4.79 Å². The second-order valence-electron chi connectivity index (χ2n) is 13.4. The summed E-state index contributed by atoms with van der Waals surface area (Å²) in [4.78, 5) is 37.6. The lowest BCUT2D eigenvalue weighted by molar-refractivity contribution is 0.0452. The van der Waals surface area contributed by atoms with Crippen molar-refractivity contribution in [3.05, 3.63) is 42.1 Å². The number of amides is 2. The van der Waals surface area contributed by atoms with E-state index in [1.807, 2.05) is 50.7 Å². The fraction of sp³-hybridized carbons (Fsp3) is 0.500. The molecule has 4 heterocycles. The molecule has 1 aliphatic heterocycles. The maximum Gasteiger partial charge on any atom is 0.407 e. The van der Waals surface area contributed by atoms with Gasteiger partial charge in [-0.3, -0.25) is 4.79 Å². The summed E-state index contributed by atoms with van der Waals surface area (Å²) in [5.41, 5.74) is 3.29. The van der Waals surface area contributed by atoms with Crippen molar-refractivity contribution in [2.24, 2.45) is 12.5 Å². The van der Waals surface area contributed by atoms with Gasteiger partial charge in [0.25, 0.3) is 5.91 Å². The Morgan fingerprint density at radius 1 is 1.12 bits per heavy atom. The Morgan fingerprint density at radius 2 is 1.88 bits per heavy atom. The van der Waals surface area contributed by atoms with E-state index in [4.69, 9.17) is 14.5 Å². The monoisotopic (exact) mass is 574 g/mol. The van der Waals surface area contributed by atoms with Gasteiger partial charge >= 0.3 is 6.09 Å². The lowest BCUT2D eigenvalue weighted by atomic mass is 9.97. The van der Waals surface area contributed by atoms with Crippen molar-refractivity contribution < 1.29 is 19.1 Å². The molecule has 2 amide bonds. The Hall–Kier alpha value is -4.08. The van der Waals surface area contributed by atoms with Gasteiger partial charge in [0.05, 0.1) is 18.3 Å². The van der Waals surface area contributed by atoms with Gasteiger partial charge in [-0.15, -0.1) is 0 Å². The molecule has 1 fully saturated rings. The highest BCUT2D eigenvalue weighted by molar-refractivity contribution is 6.00. The average Bonchev–Trinajstić information content (AvgIpc) is 3.42. The van der Waals surface area contributed by atoms with Crippen molar-refractivity contribution in [3.63, 3.8) is 0 Å². The molecular formula is C32H42N6O4. The number of hydrogen-bond acceptors (Lipinski definition) is 6. The first-order valence-corrected chi connectivity index (χ1v) is 14.5. The van der Waals surface area contributed by atoms with Crippen LogP contribution in [-0.4, -0.2) is 67.8 Å². The number of nitrogens with zero attached hydrogens (tertiary/aromatic N) is 5. The molecule has 1 aliphatic rings. The van der Waals surface area contributed by atoms with E-state index >= 15 is 0 Å². The van der Waals surface area contributed by atoms with Gasteiger partial charge in [-0.2, -0.15) is 0 Å². The summed E-state index contributed by atoms with van der Waals surface area (Å²) in [6.45, 7) is 13.9. The van der Waals surface area contributed by atoms with Crippen molar-refractivity contribution in [1.29, 1.82) is 0 Å². The van der Waals surface area contributed by atoms with Crippen LogP contribution in [0.25, 0.3) is 33.6 Å². The molecule has 0 bridgehead atoms. The predicted octanol–water partition coefficient (Wildman–Crippen LogP) is 5.77. The van der Waals surface area contributed by atoms with Crippen LogP contribution in [0, 0.1) is 5.41 Å². The van der Waals surface area contributed by atoms with Crippen LogP contribution >= 0.6 is 0 Å². The molecule has 5 rings (SSSR count). The number of likely N-dealkylation sites (tertiary alicyclic amines) is 1. The highest BCUT2D eigenvalue weighted by atomic mass is 16.6. The molecule has 0 radical (unpaired) electrons. The maximum absolute atomic E-state index is 13.7. The molecule has 0 unspecified atom stereocenters. The molecule has 42 heavy (non-hydrogen) atoms. The molecule has 1 aromatic carbocycles. The molecule has 1 N–H and O–H groups in total. The van der Waals surface area contributed by atoms with Gasteiger partial charge in [-0.1, -0.05) is 20.8 Å². The van der Waals surface area contributed by atoms with Crippen LogP contribution in [0.1, 0.15) is 64.7 Å². The standard InChI is InChI=1S/C32H42N6O4/c1-31(2,3)19-38-24(16-20-11-9-13-33-27(20)38)28-35-23-15-21(17-25(41-8)26(23)36(28)7)29(39)37-14-10-12-22(18-37)34-30(40)42-32(4,5)6/h9,11,13,15-17,22H,10,12,14,18-19H2,1-8H3,(H,34,40)/t22-/m1/s1. The Bertz CT molecular complexity index is 1640. The second kappa shape index (κ2) is 11.0. The van der Waals surface area contributed by atoms with Gasteiger partial charge in [0.1, 0.15) is 22.5 Å². The zero-order chi connectivity index (χ0) is 30.4. The smallest absolute Gasteiger partial charge is 0.407 e. The van der Waals surface area contributed by atoms with Crippen molar-refractivity contribution >= 4 is 34.1 Å². The number of pyridine rings is 1. The number of rotatable bonds is 5. The van der Waals surface area contributed by atoms with Crippen molar-refractivity contribution in [2.75, 3.05) is 20.2 Å². The molecule has 1 saturated heterocycles. The number of hydrogen-bond donors (Lipinski definition) is 1. The SMILES string of the molecule is COc1cc(C(=O)N2CCC[C@@H](NC(=O)OC(C)(C)C)C2)cc2nc(-c3cc4cccnc4n3CC(C)(C)C)n(C)c12. The number of carbonyl (C=O) groups is 2. The topological polar surface area (TPSA) is 104 Å². The number of fused-ring (bicyclic) bond motifs is 2. The van der Waals surface area contributed by atoms with Gasteiger partial charge in [-0.05, 0) is 69.4 Å². The molecule has 0 spiro atoms. The van der Waals surface area contributed by atoms with E-state index in [0.29, 0.717) is 29.9 Å². The molecule has 10 nitrogen and oxygen atoms in total. The zero-order valence-corrected chi connectivity index (χ0v) is 25.9. The molecule has 0 aliphatic carbocycles. The molecule has 1 atom stereocenters. The first-order valence-electron chi connectivity index (χ1n) is 14.5. The minimum atomic E-state index is -0.584. The van der Waals surface area contributed by atoms with Crippen LogP contribution in [0.3, 0.4) is 0 Å². The zero-order valence-electron chi connectivity index (χ0n) is 25.9. The van der Waals surface area contributed by atoms with Crippen LogP contribution in [0.5, 0.6) is 5.75 Å². The summed E-state index contributed by atoms with van der Waals surface area (Å²) in [7, 11) is 3.58. The number of alkyl carbamates (subject to hydrolysis) is 1. The summed E-state index contributed by atoms with van der Waals surface area (Å²) < 4.78 is 15.5.